The van der Waals surface area contributed by atoms with Gasteiger partial charge in [0.2, 0.25) is 0 Å². The van der Waals surface area contributed by atoms with Crippen molar-refractivity contribution in [2.24, 2.45) is 5.92 Å². The molecule has 0 aromatic carbocycles. The molecule has 0 fully saturated rings. The summed E-state index contributed by atoms with van der Waals surface area (Å²) in [5.74, 6) is 0.149. The molecule has 0 aromatic rings. The topological polar surface area (TPSA) is 40.5 Å². The molecule has 0 bridgehead atoms. The predicted molar refractivity (Wildman–Crippen MR) is 48.7 cm³/mol. The number of hydrogen-bond acceptors (Lipinski definition) is 2. The molecule has 0 amide bonds. The number of aliphatic hydroxyl groups excluding tert-OH is 1. The van der Waals surface area contributed by atoms with Gasteiger partial charge in [-0.3, -0.25) is 0 Å². The Morgan fingerprint density at radius 3 is 2.42 bits per heavy atom. The molecule has 1 aliphatic rings. The van der Waals surface area contributed by atoms with Crippen molar-refractivity contribution in [3.63, 3.8) is 0 Å². The van der Waals surface area contributed by atoms with Gasteiger partial charge in [-0.1, -0.05) is 19.1 Å². The van der Waals surface area contributed by atoms with E-state index in [1.54, 1.807) is 19.9 Å². The first kappa shape index (κ1) is 9.49. The molecule has 1 rings (SSSR count). The summed E-state index contributed by atoms with van der Waals surface area (Å²) in [6, 6.07) is 0. The first-order valence-corrected chi connectivity index (χ1v) is 4.22. The standard InChI is InChI=1S/C10H16O2/c1-7-4-5-8(6-9(7)11)10(2,3)12/h4-7,9,11-12H,1-3H3. The van der Waals surface area contributed by atoms with Gasteiger partial charge in [-0.2, -0.15) is 0 Å². The average molecular weight is 168 g/mol. The second-order valence-electron chi connectivity index (χ2n) is 3.89. The lowest BCUT2D eigenvalue weighted by molar-refractivity contribution is 0.116. The van der Waals surface area contributed by atoms with Crippen LogP contribution in [0.3, 0.4) is 0 Å². The minimum atomic E-state index is -0.850. The third kappa shape index (κ3) is 1.96. The third-order valence-corrected chi connectivity index (χ3v) is 2.17. The third-order valence-electron chi connectivity index (χ3n) is 2.17. The maximum absolute atomic E-state index is 9.62. The minimum absolute atomic E-state index is 0.149. The Bertz CT molecular complexity index is 220. The van der Waals surface area contributed by atoms with Crippen LogP contribution in [0.5, 0.6) is 0 Å². The Morgan fingerprint density at radius 1 is 1.42 bits per heavy atom. The van der Waals surface area contributed by atoms with Gasteiger partial charge in [-0.05, 0) is 25.5 Å². The van der Waals surface area contributed by atoms with E-state index in [9.17, 15) is 10.2 Å². The SMILES string of the molecule is CC1C=CC(C(C)(C)O)=CC1O. The van der Waals surface area contributed by atoms with Gasteiger partial charge in [0.25, 0.3) is 0 Å². The molecule has 0 aliphatic heterocycles. The summed E-state index contributed by atoms with van der Waals surface area (Å²) in [7, 11) is 0. The molecular formula is C10H16O2. The van der Waals surface area contributed by atoms with Crippen molar-refractivity contribution >= 4 is 0 Å². The Balaban J connectivity index is 2.84. The van der Waals surface area contributed by atoms with Gasteiger partial charge in [0.05, 0.1) is 11.7 Å². The first-order chi connectivity index (χ1) is 5.41. The van der Waals surface area contributed by atoms with Gasteiger partial charge in [0, 0.05) is 5.92 Å². The Labute approximate surface area is 73.2 Å². The van der Waals surface area contributed by atoms with Gasteiger partial charge in [-0.25, -0.2) is 0 Å². The molecule has 2 N–H and O–H groups in total. The van der Waals surface area contributed by atoms with Crippen LogP contribution in [0.15, 0.2) is 23.8 Å². The average Bonchev–Trinajstić information content (AvgIpc) is 1.92. The lowest BCUT2D eigenvalue weighted by atomic mass is 9.88. The highest BCUT2D eigenvalue weighted by molar-refractivity contribution is 5.32. The minimum Gasteiger partial charge on any atom is -0.388 e. The highest BCUT2D eigenvalue weighted by Gasteiger charge is 2.22. The van der Waals surface area contributed by atoms with Crippen molar-refractivity contribution in [1.82, 2.24) is 0 Å². The van der Waals surface area contributed by atoms with Gasteiger partial charge in [0.15, 0.2) is 0 Å². The lowest BCUT2D eigenvalue weighted by Crippen LogP contribution is -2.26. The van der Waals surface area contributed by atoms with E-state index in [1.165, 1.54) is 0 Å². The molecule has 2 unspecified atom stereocenters. The molecule has 12 heavy (non-hydrogen) atoms. The zero-order valence-electron chi connectivity index (χ0n) is 7.78. The maximum atomic E-state index is 9.62. The summed E-state index contributed by atoms with van der Waals surface area (Å²) < 4.78 is 0. The number of hydrogen-bond donors (Lipinski definition) is 2. The van der Waals surface area contributed by atoms with Crippen LogP contribution in [0.2, 0.25) is 0 Å². The summed E-state index contributed by atoms with van der Waals surface area (Å²) >= 11 is 0. The van der Waals surface area contributed by atoms with Crippen molar-refractivity contribution in [3.8, 4) is 0 Å². The van der Waals surface area contributed by atoms with Gasteiger partial charge in [0.1, 0.15) is 0 Å². The van der Waals surface area contributed by atoms with Crippen LogP contribution in [0.1, 0.15) is 20.8 Å². The number of rotatable bonds is 1. The monoisotopic (exact) mass is 168 g/mol. The second-order valence-corrected chi connectivity index (χ2v) is 3.89. The molecule has 0 saturated heterocycles. The maximum Gasteiger partial charge on any atom is 0.0838 e. The smallest absolute Gasteiger partial charge is 0.0838 e. The first-order valence-electron chi connectivity index (χ1n) is 4.22. The van der Waals surface area contributed by atoms with Crippen LogP contribution < -0.4 is 0 Å². The molecule has 1 aliphatic carbocycles. The molecule has 0 saturated carbocycles. The fourth-order valence-corrected chi connectivity index (χ4v) is 1.17. The fourth-order valence-electron chi connectivity index (χ4n) is 1.17. The van der Waals surface area contributed by atoms with Gasteiger partial charge in [-0.15, -0.1) is 0 Å². The van der Waals surface area contributed by atoms with E-state index >= 15 is 0 Å². The molecule has 2 heteroatoms. The van der Waals surface area contributed by atoms with Crippen LogP contribution >= 0.6 is 0 Å². The van der Waals surface area contributed by atoms with Crippen molar-refractivity contribution in [1.29, 1.82) is 0 Å². The predicted octanol–water partition coefficient (Wildman–Crippen LogP) is 1.25. The van der Waals surface area contributed by atoms with Crippen LogP contribution in [-0.2, 0) is 0 Å². The summed E-state index contributed by atoms with van der Waals surface area (Å²) in [6.07, 6.45) is 5.04. The normalized spacial score (nSPS) is 30.2. The van der Waals surface area contributed by atoms with Crippen LogP contribution in [0.4, 0.5) is 0 Å². The molecule has 0 heterocycles. The highest BCUT2D eigenvalue weighted by atomic mass is 16.3. The molecular weight excluding hydrogens is 152 g/mol. The summed E-state index contributed by atoms with van der Waals surface area (Å²) in [5, 5.41) is 19.1. The van der Waals surface area contributed by atoms with Crippen molar-refractivity contribution in [3.05, 3.63) is 23.8 Å². The van der Waals surface area contributed by atoms with E-state index < -0.39 is 11.7 Å². The van der Waals surface area contributed by atoms with E-state index in [0.29, 0.717) is 0 Å². The van der Waals surface area contributed by atoms with E-state index in [2.05, 4.69) is 0 Å². The molecule has 0 aromatic heterocycles. The van der Waals surface area contributed by atoms with Crippen molar-refractivity contribution in [2.75, 3.05) is 0 Å². The van der Waals surface area contributed by atoms with Crippen LogP contribution in [-0.4, -0.2) is 21.9 Å². The zero-order chi connectivity index (χ0) is 9.35. The Morgan fingerprint density at radius 2 is 2.00 bits per heavy atom. The Kier molecular flexibility index (Phi) is 2.40. The van der Waals surface area contributed by atoms with E-state index in [4.69, 9.17) is 0 Å². The molecule has 0 radical (unpaired) electrons. The number of aliphatic hydroxyl groups is 2. The quantitative estimate of drug-likeness (QED) is 0.618. The second kappa shape index (κ2) is 3.04. The molecule has 2 atom stereocenters. The van der Waals surface area contributed by atoms with Crippen molar-refractivity contribution in [2.45, 2.75) is 32.5 Å². The molecule has 68 valence electrons. The highest BCUT2D eigenvalue weighted by Crippen LogP contribution is 2.24. The van der Waals surface area contributed by atoms with Crippen molar-refractivity contribution < 1.29 is 10.2 Å². The van der Waals surface area contributed by atoms with E-state index in [-0.39, 0.29) is 5.92 Å². The van der Waals surface area contributed by atoms with Gasteiger partial charge < -0.3 is 10.2 Å². The largest absolute Gasteiger partial charge is 0.388 e. The Hall–Kier alpha value is -0.600. The van der Waals surface area contributed by atoms with Crippen LogP contribution in [0.25, 0.3) is 0 Å². The summed E-state index contributed by atoms with van der Waals surface area (Å²) in [6.45, 7) is 5.37. The molecule has 2 nitrogen and oxygen atoms in total. The lowest BCUT2D eigenvalue weighted by Gasteiger charge is -2.25. The fraction of sp³-hybridized carbons (Fsp3) is 0.600. The molecule has 0 spiro atoms. The summed E-state index contributed by atoms with van der Waals surface area (Å²) in [5.41, 5.74) is -0.0643. The van der Waals surface area contributed by atoms with E-state index in [0.717, 1.165) is 5.57 Å². The summed E-state index contributed by atoms with van der Waals surface area (Å²) in [4.78, 5) is 0. The van der Waals surface area contributed by atoms with E-state index in [1.807, 2.05) is 19.1 Å². The zero-order valence-corrected chi connectivity index (χ0v) is 7.78. The van der Waals surface area contributed by atoms with Crippen LogP contribution in [0, 0.1) is 5.92 Å². The van der Waals surface area contributed by atoms with Gasteiger partial charge >= 0.3 is 0 Å².